The highest BCUT2D eigenvalue weighted by Crippen LogP contribution is 2.25. The van der Waals surface area contributed by atoms with Gasteiger partial charge in [0.15, 0.2) is 0 Å². The van der Waals surface area contributed by atoms with Gasteiger partial charge in [0.2, 0.25) is 0 Å². The van der Waals surface area contributed by atoms with Crippen LogP contribution in [0.3, 0.4) is 0 Å². The molecule has 3 aromatic rings. The molecule has 4 heteroatoms. The van der Waals surface area contributed by atoms with Gasteiger partial charge < -0.3 is 10.1 Å². The van der Waals surface area contributed by atoms with Crippen molar-refractivity contribution in [2.45, 2.75) is 26.6 Å². The summed E-state index contributed by atoms with van der Waals surface area (Å²) in [5.74, 6) is 0.892. The van der Waals surface area contributed by atoms with Crippen LogP contribution in [0.1, 0.15) is 22.3 Å². The van der Waals surface area contributed by atoms with E-state index in [9.17, 15) is 0 Å². The van der Waals surface area contributed by atoms with Gasteiger partial charge in [0.1, 0.15) is 12.4 Å². The monoisotopic (exact) mass is 429 g/mol. The van der Waals surface area contributed by atoms with Crippen molar-refractivity contribution in [1.82, 2.24) is 5.32 Å². The molecule has 0 amide bonds. The van der Waals surface area contributed by atoms with Crippen molar-refractivity contribution in [2.24, 2.45) is 0 Å². The summed E-state index contributed by atoms with van der Waals surface area (Å²) < 4.78 is 7.14. The third kappa shape index (κ3) is 5.10. The summed E-state index contributed by atoms with van der Waals surface area (Å²) >= 11 is 9.77. The van der Waals surface area contributed by atoms with Gasteiger partial charge in [0, 0.05) is 28.1 Å². The second-order valence-corrected chi connectivity index (χ2v) is 7.49. The normalized spacial score (nSPS) is 10.7. The van der Waals surface area contributed by atoms with Gasteiger partial charge in [-0.2, -0.15) is 0 Å². The van der Waals surface area contributed by atoms with Crippen LogP contribution in [0.15, 0.2) is 71.2 Å². The van der Waals surface area contributed by atoms with E-state index in [4.69, 9.17) is 16.3 Å². The summed E-state index contributed by atoms with van der Waals surface area (Å²) in [5, 5.41) is 4.23. The van der Waals surface area contributed by atoms with Gasteiger partial charge >= 0.3 is 0 Å². The Balaban J connectivity index is 1.66. The fourth-order valence-electron chi connectivity index (χ4n) is 2.73. The zero-order valence-electron chi connectivity index (χ0n) is 14.6. The fourth-order valence-corrected chi connectivity index (χ4v) is 3.34. The van der Waals surface area contributed by atoms with Crippen molar-refractivity contribution in [2.75, 3.05) is 0 Å². The van der Waals surface area contributed by atoms with E-state index in [1.54, 1.807) is 0 Å². The van der Waals surface area contributed by atoms with Gasteiger partial charge in [-0.25, -0.2) is 0 Å². The second-order valence-electron chi connectivity index (χ2n) is 6.16. The minimum absolute atomic E-state index is 0.561. The highest BCUT2D eigenvalue weighted by atomic mass is 79.9. The molecule has 0 saturated heterocycles. The van der Waals surface area contributed by atoms with Gasteiger partial charge in [0.05, 0.1) is 0 Å². The third-order valence-electron chi connectivity index (χ3n) is 4.26. The summed E-state index contributed by atoms with van der Waals surface area (Å²) in [4.78, 5) is 0. The molecule has 2 nitrogen and oxygen atoms in total. The second kappa shape index (κ2) is 9.22. The Labute approximate surface area is 168 Å². The van der Waals surface area contributed by atoms with Gasteiger partial charge in [-0.05, 0) is 47.9 Å². The van der Waals surface area contributed by atoms with Crippen LogP contribution < -0.4 is 10.1 Å². The Kier molecular flexibility index (Phi) is 6.73. The molecule has 134 valence electrons. The number of halogens is 2. The Morgan fingerprint density at radius 2 is 1.58 bits per heavy atom. The van der Waals surface area contributed by atoms with Crippen molar-refractivity contribution in [3.63, 3.8) is 0 Å². The van der Waals surface area contributed by atoms with E-state index in [0.29, 0.717) is 19.7 Å². The molecule has 0 unspecified atom stereocenters. The summed E-state index contributed by atoms with van der Waals surface area (Å²) in [6, 6.07) is 22.3. The Morgan fingerprint density at radius 3 is 2.35 bits per heavy atom. The molecule has 0 bridgehead atoms. The molecule has 0 spiro atoms. The molecule has 1 N–H and O–H groups in total. The zero-order chi connectivity index (χ0) is 18.4. The minimum Gasteiger partial charge on any atom is -0.489 e. The summed E-state index contributed by atoms with van der Waals surface area (Å²) in [6.45, 7) is 4.08. The van der Waals surface area contributed by atoms with E-state index in [2.05, 4.69) is 46.4 Å². The van der Waals surface area contributed by atoms with E-state index in [0.717, 1.165) is 26.4 Å². The molecular formula is C22H21BrClNO. The lowest BCUT2D eigenvalue weighted by Gasteiger charge is -2.14. The van der Waals surface area contributed by atoms with Crippen molar-refractivity contribution in [3.8, 4) is 5.75 Å². The van der Waals surface area contributed by atoms with Crippen molar-refractivity contribution in [1.29, 1.82) is 0 Å². The smallest absolute Gasteiger partial charge is 0.124 e. The average Bonchev–Trinajstić information content (AvgIpc) is 2.64. The first-order valence-electron chi connectivity index (χ1n) is 8.53. The van der Waals surface area contributed by atoms with Crippen LogP contribution in [-0.2, 0) is 19.7 Å². The van der Waals surface area contributed by atoms with Gasteiger partial charge in [-0.15, -0.1) is 0 Å². The SMILES string of the molecule is Cc1ccccc1COc1ccc(Br)cc1CNCc1ccccc1Cl. The van der Waals surface area contributed by atoms with Crippen LogP contribution in [0.2, 0.25) is 5.02 Å². The van der Waals surface area contributed by atoms with Crippen LogP contribution in [0.4, 0.5) is 0 Å². The molecule has 0 aliphatic carbocycles. The number of hydrogen-bond acceptors (Lipinski definition) is 2. The quantitative estimate of drug-likeness (QED) is 0.476. The van der Waals surface area contributed by atoms with Gasteiger partial charge in [-0.1, -0.05) is 70.0 Å². The average molecular weight is 431 g/mol. The van der Waals surface area contributed by atoms with Gasteiger partial charge in [0.25, 0.3) is 0 Å². The molecule has 26 heavy (non-hydrogen) atoms. The van der Waals surface area contributed by atoms with Crippen LogP contribution in [-0.4, -0.2) is 0 Å². The molecule has 0 saturated carbocycles. The van der Waals surface area contributed by atoms with Gasteiger partial charge in [-0.3, -0.25) is 0 Å². The maximum absolute atomic E-state index is 6.22. The Hall–Kier alpha value is -1.81. The molecule has 0 atom stereocenters. The third-order valence-corrected chi connectivity index (χ3v) is 5.12. The predicted molar refractivity (Wildman–Crippen MR) is 112 cm³/mol. The molecule has 0 heterocycles. The number of aryl methyl sites for hydroxylation is 1. The van der Waals surface area contributed by atoms with E-state index in [1.165, 1.54) is 11.1 Å². The van der Waals surface area contributed by atoms with Crippen molar-refractivity contribution >= 4 is 27.5 Å². The van der Waals surface area contributed by atoms with E-state index in [-0.39, 0.29) is 0 Å². The fraction of sp³-hybridized carbons (Fsp3) is 0.182. The Bertz CT molecular complexity index is 882. The summed E-state index contributed by atoms with van der Waals surface area (Å²) in [5.41, 5.74) is 4.64. The number of benzene rings is 3. The first kappa shape index (κ1) is 19.0. The Morgan fingerprint density at radius 1 is 0.885 bits per heavy atom. The zero-order valence-corrected chi connectivity index (χ0v) is 17.0. The first-order chi connectivity index (χ1) is 12.6. The number of hydrogen-bond donors (Lipinski definition) is 1. The predicted octanol–water partition coefficient (Wildman–Crippen LogP) is 6.28. The first-order valence-corrected chi connectivity index (χ1v) is 9.70. The van der Waals surface area contributed by atoms with E-state index in [1.807, 2.05) is 48.5 Å². The highest BCUT2D eigenvalue weighted by molar-refractivity contribution is 9.10. The topological polar surface area (TPSA) is 21.3 Å². The lowest BCUT2D eigenvalue weighted by Crippen LogP contribution is -2.14. The standard InChI is InChI=1S/C22H21BrClNO/c1-16-6-2-3-8-18(16)15-26-22-11-10-20(23)12-19(22)14-25-13-17-7-4-5-9-21(17)24/h2-12,25H,13-15H2,1H3. The molecule has 0 fully saturated rings. The lowest BCUT2D eigenvalue weighted by atomic mass is 10.1. The minimum atomic E-state index is 0.561. The molecule has 0 radical (unpaired) electrons. The molecule has 0 aliphatic heterocycles. The number of rotatable bonds is 7. The van der Waals surface area contributed by atoms with Crippen LogP contribution in [0, 0.1) is 6.92 Å². The van der Waals surface area contributed by atoms with E-state index < -0.39 is 0 Å². The van der Waals surface area contributed by atoms with Crippen LogP contribution >= 0.6 is 27.5 Å². The summed E-state index contributed by atoms with van der Waals surface area (Å²) in [6.07, 6.45) is 0. The molecular weight excluding hydrogens is 410 g/mol. The highest BCUT2D eigenvalue weighted by Gasteiger charge is 2.07. The van der Waals surface area contributed by atoms with Crippen molar-refractivity contribution < 1.29 is 4.74 Å². The largest absolute Gasteiger partial charge is 0.489 e. The molecule has 3 aromatic carbocycles. The summed E-state index contributed by atoms with van der Waals surface area (Å²) in [7, 11) is 0. The maximum atomic E-state index is 6.22. The number of ether oxygens (including phenoxy) is 1. The lowest BCUT2D eigenvalue weighted by molar-refractivity contribution is 0.301. The molecule has 0 aromatic heterocycles. The maximum Gasteiger partial charge on any atom is 0.124 e. The van der Waals surface area contributed by atoms with Crippen LogP contribution in [0.5, 0.6) is 5.75 Å². The molecule has 0 aliphatic rings. The number of nitrogens with one attached hydrogen (secondary N) is 1. The van der Waals surface area contributed by atoms with Crippen molar-refractivity contribution in [3.05, 3.63) is 98.5 Å². The molecule has 3 rings (SSSR count). The van der Waals surface area contributed by atoms with E-state index >= 15 is 0 Å². The van der Waals surface area contributed by atoms with Crippen LogP contribution in [0.25, 0.3) is 0 Å².